The Labute approximate surface area is 156 Å². The number of nitrogens with one attached hydrogen (secondary N) is 2. The van der Waals surface area contributed by atoms with Gasteiger partial charge in [0, 0.05) is 18.3 Å². The molecule has 0 unspecified atom stereocenters. The number of aromatic amines is 1. The zero-order valence-corrected chi connectivity index (χ0v) is 15.0. The summed E-state index contributed by atoms with van der Waals surface area (Å²) in [6.45, 7) is 0.975. The summed E-state index contributed by atoms with van der Waals surface area (Å²) in [7, 11) is 1.61. The van der Waals surface area contributed by atoms with Gasteiger partial charge in [-0.1, -0.05) is 23.7 Å². The Morgan fingerprint density at radius 2 is 1.96 bits per heavy atom. The number of aromatic nitrogens is 4. The minimum absolute atomic E-state index is 0. The van der Waals surface area contributed by atoms with E-state index in [9.17, 15) is 0 Å². The summed E-state index contributed by atoms with van der Waals surface area (Å²) in [5, 5.41) is 10.1. The maximum absolute atomic E-state index is 5.80. The molecule has 0 aliphatic heterocycles. The molecular weight excluding hydrogens is 365 g/mol. The van der Waals surface area contributed by atoms with Gasteiger partial charge in [-0.25, -0.2) is 15.1 Å². The Morgan fingerprint density at radius 1 is 1.12 bits per heavy atom. The van der Waals surface area contributed by atoms with E-state index in [0.717, 1.165) is 11.1 Å². The van der Waals surface area contributed by atoms with E-state index in [2.05, 4.69) is 25.5 Å². The van der Waals surface area contributed by atoms with Gasteiger partial charge in [0.05, 0.1) is 7.11 Å². The number of rotatable bonds is 7. The molecule has 3 aromatic rings. The van der Waals surface area contributed by atoms with Crippen LogP contribution < -0.4 is 14.8 Å². The monoisotopic (exact) mass is 381 g/mol. The standard InChI is InChI=1S/C16H16ClN5O2.ClH/c1-23-14-6-11(7-19-16-20-10-21-22-16)2-4-13(14)24-9-12-3-5-15(17)18-8-12;/h2-6,8,10H,7,9H2,1H3,(H2,19,20,21,22);1H. The Bertz CT molecular complexity index is 782. The van der Waals surface area contributed by atoms with Gasteiger partial charge in [-0.15, -0.1) is 12.4 Å². The Kier molecular flexibility index (Phi) is 6.85. The van der Waals surface area contributed by atoms with Crippen LogP contribution in [-0.4, -0.2) is 27.3 Å². The van der Waals surface area contributed by atoms with Gasteiger partial charge in [-0.05, 0) is 23.8 Å². The molecule has 2 heterocycles. The van der Waals surface area contributed by atoms with Gasteiger partial charge < -0.3 is 14.8 Å². The maximum Gasteiger partial charge on any atom is 0.218 e. The minimum Gasteiger partial charge on any atom is -0.493 e. The molecule has 0 aliphatic carbocycles. The summed E-state index contributed by atoms with van der Waals surface area (Å²) < 4.78 is 11.2. The van der Waals surface area contributed by atoms with E-state index in [1.807, 2.05) is 24.3 Å². The number of methoxy groups -OCH3 is 1. The van der Waals surface area contributed by atoms with Crippen LogP contribution in [0.25, 0.3) is 0 Å². The molecule has 0 bridgehead atoms. The van der Waals surface area contributed by atoms with Crippen molar-refractivity contribution in [3.8, 4) is 11.5 Å². The molecule has 0 spiro atoms. The largest absolute Gasteiger partial charge is 0.493 e. The number of hydrogen-bond acceptors (Lipinski definition) is 6. The molecule has 0 atom stereocenters. The summed E-state index contributed by atoms with van der Waals surface area (Å²) in [5.41, 5.74) is 1.96. The van der Waals surface area contributed by atoms with Gasteiger partial charge >= 0.3 is 0 Å². The number of ether oxygens (including phenoxy) is 2. The first-order valence-electron chi connectivity index (χ1n) is 7.24. The Hall–Kier alpha value is -2.51. The summed E-state index contributed by atoms with van der Waals surface area (Å²) in [6.07, 6.45) is 3.13. The Morgan fingerprint density at radius 3 is 2.64 bits per heavy atom. The van der Waals surface area contributed by atoms with E-state index in [0.29, 0.717) is 35.8 Å². The fourth-order valence-electron chi connectivity index (χ4n) is 2.07. The highest BCUT2D eigenvalue weighted by molar-refractivity contribution is 6.29. The summed E-state index contributed by atoms with van der Waals surface area (Å²) in [6, 6.07) is 9.35. The highest BCUT2D eigenvalue weighted by Gasteiger charge is 2.07. The average molecular weight is 382 g/mol. The third-order valence-electron chi connectivity index (χ3n) is 3.29. The van der Waals surface area contributed by atoms with Crippen molar-refractivity contribution < 1.29 is 9.47 Å². The van der Waals surface area contributed by atoms with E-state index in [1.165, 1.54) is 6.33 Å². The SMILES string of the molecule is COc1cc(CNc2ncn[nH]2)ccc1OCc1ccc(Cl)nc1.Cl. The van der Waals surface area contributed by atoms with Crippen molar-refractivity contribution in [3.63, 3.8) is 0 Å². The lowest BCUT2D eigenvalue weighted by atomic mass is 10.2. The van der Waals surface area contributed by atoms with Crippen LogP contribution in [0.4, 0.5) is 5.95 Å². The van der Waals surface area contributed by atoms with Crippen molar-refractivity contribution in [2.75, 3.05) is 12.4 Å². The van der Waals surface area contributed by atoms with E-state index in [1.54, 1.807) is 19.4 Å². The van der Waals surface area contributed by atoms with Crippen LogP contribution in [-0.2, 0) is 13.2 Å². The zero-order chi connectivity index (χ0) is 16.8. The minimum atomic E-state index is 0. The summed E-state index contributed by atoms with van der Waals surface area (Å²) >= 11 is 5.77. The molecule has 7 nitrogen and oxygen atoms in total. The number of nitrogens with zero attached hydrogens (tertiary/aromatic N) is 3. The van der Waals surface area contributed by atoms with Gasteiger partial charge in [0.2, 0.25) is 5.95 Å². The second kappa shape index (κ2) is 9.10. The highest BCUT2D eigenvalue weighted by Crippen LogP contribution is 2.29. The molecule has 2 N–H and O–H groups in total. The first-order chi connectivity index (χ1) is 11.7. The summed E-state index contributed by atoms with van der Waals surface area (Å²) in [4.78, 5) is 8.04. The molecular formula is C16H17Cl2N5O2. The van der Waals surface area contributed by atoms with Crippen molar-refractivity contribution in [1.82, 2.24) is 20.2 Å². The predicted octanol–water partition coefficient (Wildman–Crippen LogP) is 3.47. The van der Waals surface area contributed by atoms with Crippen LogP contribution in [0.2, 0.25) is 5.15 Å². The molecule has 0 aliphatic rings. The number of hydrogen-bond donors (Lipinski definition) is 2. The second-order valence-electron chi connectivity index (χ2n) is 4.95. The molecule has 25 heavy (non-hydrogen) atoms. The van der Waals surface area contributed by atoms with E-state index < -0.39 is 0 Å². The van der Waals surface area contributed by atoms with Crippen LogP contribution in [0.15, 0.2) is 42.9 Å². The van der Waals surface area contributed by atoms with Crippen molar-refractivity contribution in [1.29, 1.82) is 0 Å². The first-order valence-corrected chi connectivity index (χ1v) is 7.62. The topological polar surface area (TPSA) is 85.0 Å². The predicted molar refractivity (Wildman–Crippen MR) is 97.5 cm³/mol. The summed E-state index contributed by atoms with van der Waals surface area (Å²) in [5.74, 6) is 1.94. The quantitative estimate of drug-likeness (QED) is 0.609. The van der Waals surface area contributed by atoms with Crippen molar-refractivity contribution in [2.45, 2.75) is 13.2 Å². The molecule has 132 valence electrons. The van der Waals surface area contributed by atoms with Crippen LogP contribution in [0.3, 0.4) is 0 Å². The molecule has 0 amide bonds. The third kappa shape index (κ3) is 5.23. The lowest BCUT2D eigenvalue weighted by molar-refractivity contribution is 0.284. The highest BCUT2D eigenvalue weighted by atomic mass is 35.5. The number of benzene rings is 1. The second-order valence-corrected chi connectivity index (χ2v) is 5.34. The lowest BCUT2D eigenvalue weighted by Gasteiger charge is -2.12. The number of anilines is 1. The lowest BCUT2D eigenvalue weighted by Crippen LogP contribution is -2.03. The zero-order valence-electron chi connectivity index (χ0n) is 13.4. The molecule has 3 rings (SSSR count). The van der Waals surface area contributed by atoms with Crippen LogP contribution in [0, 0.1) is 0 Å². The van der Waals surface area contributed by atoms with Gasteiger partial charge in [-0.3, -0.25) is 0 Å². The molecule has 0 radical (unpaired) electrons. The van der Waals surface area contributed by atoms with Gasteiger partial charge in [0.15, 0.2) is 11.5 Å². The van der Waals surface area contributed by atoms with Crippen LogP contribution in [0.5, 0.6) is 11.5 Å². The van der Waals surface area contributed by atoms with E-state index >= 15 is 0 Å². The van der Waals surface area contributed by atoms with E-state index in [4.69, 9.17) is 21.1 Å². The number of halogens is 2. The molecule has 1 aromatic carbocycles. The van der Waals surface area contributed by atoms with Crippen LogP contribution in [0.1, 0.15) is 11.1 Å². The van der Waals surface area contributed by atoms with Crippen molar-refractivity contribution in [3.05, 3.63) is 59.1 Å². The van der Waals surface area contributed by atoms with Gasteiger partial charge in [0.1, 0.15) is 18.1 Å². The average Bonchev–Trinajstić information content (AvgIpc) is 3.13. The van der Waals surface area contributed by atoms with Crippen molar-refractivity contribution in [2.24, 2.45) is 0 Å². The molecule has 0 saturated carbocycles. The molecule has 9 heteroatoms. The van der Waals surface area contributed by atoms with E-state index in [-0.39, 0.29) is 12.4 Å². The normalized spacial score (nSPS) is 10.0. The first kappa shape index (κ1) is 18.8. The number of H-pyrrole nitrogens is 1. The maximum atomic E-state index is 5.80. The molecule has 0 fully saturated rings. The molecule has 2 aromatic heterocycles. The smallest absolute Gasteiger partial charge is 0.218 e. The fraction of sp³-hybridized carbons (Fsp3) is 0.188. The Balaban J connectivity index is 0.00000225. The van der Waals surface area contributed by atoms with Crippen LogP contribution >= 0.6 is 24.0 Å². The van der Waals surface area contributed by atoms with Gasteiger partial charge in [-0.2, -0.15) is 5.10 Å². The van der Waals surface area contributed by atoms with Gasteiger partial charge in [0.25, 0.3) is 0 Å². The third-order valence-corrected chi connectivity index (χ3v) is 3.51. The molecule has 0 saturated heterocycles. The number of pyridine rings is 1. The van der Waals surface area contributed by atoms with Crippen molar-refractivity contribution >= 4 is 30.0 Å². The fourth-order valence-corrected chi connectivity index (χ4v) is 2.18.